The molecule has 2 N–H and O–H groups in total. The number of hydrogen-bond donors (Lipinski definition) is 2. The molecule has 0 saturated carbocycles. The number of benzene rings is 1. The van der Waals surface area contributed by atoms with Crippen molar-refractivity contribution in [3.63, 3.8) is 0 Å². The van der Waals surface area contributed by atoms with Crippen molar-refractivity contribution >= 4 is 11.9 Å². The molecule has 1 aromatic carbocycles. The molecule has 90 valence electrons. The molecule has 1 aliphatic heterocycles. The third-order valence-electron chi connectivity index (χ3n) is 3.36. The number of aldehydes is 1. The van der Waals surface area contributed by atoms with Crippen LogP contribution in [0.3, 0.4) is 0 Å². The van der Waals surface area contributed by atoms with E-state index in [9.17, 15) is 4.79 Å². The number of carbonyl (C=O) groups is 1. The van der Waals surface area contributed by atoms with Crippen LogP contribution in [0.2, 0.25) is 0 Å². The first-order valence-electron chi connectivity index (χ1n) is 5.84. The van der Waals surface area contributed by atoms with Gasteiger partial charge in [0.1, 0.15) is 5.82 Å². The van der Waals surface area contributed by atoms with Gasteiger partial charge in [0.2, 0.25) is 0 Å². The fourth-order valence-corrected chi connectivity index (χ4v) is 1.90. The van der Waals surface area contributed by atoms with Gasteiger partial charge >= 0.3 is 0 Å². The van der Waals surface area contributed by atoms with E-state index in [4.69, 9.17) is 0 Å². The quantitative estimate of drug-likeness (QED) is 0.602. The highest BCUT2D eigenvalue weighted by molar-refractivity contribution is 6.08. The lowest BCUT2D eigenvalue weighted by molar-refractivity contribution is -0.103. The van der Waals surface area contributed by atoms with E-state index in [0.29, 0.717) is 5.57 Å². The van der Waals surface area contributed by atoms with E-state index < -0.39 is 0 Å². The second-order valence-electron chi connectivity index (χ2n) is 4.99. The van der Waals surface area contributed by atoms with Crippen LogP contribution in [0.5, 0.6) is 0 Å². The molecule has 0 bridgehead atoms. The third-order valence-corrected chi connectivity index (χ3v) is 3.36. The number of hydrogen-bond acceptors (Lipinski definition) is 3. The van der Waals surface area contributed by atoms with Crippen molar-refractivity contribution in [2.75, 3.05) is 0 Å². The van der Waals surface area contributed by atoms with Crippen LogP contribution in [-0.2, 0) is 4.79 Å². The van der Waals surface area contributed by atoms with Crippen molar-refractivity contribution in [2.45, 2.75) is 32.4 Å². The van der Waals surface area contributed by atoms with E-state index in [-0.39, 0.29) is 11.6 Å². The zero-order valence-electron chi connectivity index (χ0n) is 10.4. The van der Waals surface area contributed by atoms with E-state index in [1.807, 2.05) is 30.3 Å². The lowest BCUT2D eigenvalue weighted by atomic mass is 9.99. The Morgan fingerprint density at radius 3 is 2.41 bits per heavy atom. The summed E-state index contributed by atoms with van der Waals surface area (Å²) < 4.78 is 0. The fraction of sp³-hybridized carbons (Fsp3) is 0.357. The maximum absolute atomic E-state index is 11.3. The lowest BCUT2D eigenvalue weighted by Crippen LogP contribution is -2.41. The summed E-state index contributed by atoms with van der Waals surface area (Å²) in [6, 6.07) is 9.98. The summed E-state index contributed by atoms with van der Waals surface area (Å²) in [7, 11) is 0. The predicted molar refractivity (Wildman–Crippen MR) is 69.2 cm³/mol. The first kappa shape index (κ1) is 11.7. The second-order valence-corrected chi connectivity index (χ2v) is 4.99. The summed E-state index contributed by atoms with van der Waals surface area (Å²) in [6.07, 6.45) is 0.902. The predicted octanol–water partition coefficient (Wildman–Crippen LogP) is 1.91. The van der Waals surface area contributed by atoms with Crippen LogP contribution in [-0.4, -0.2) is 17.9 Å². The van der Waals surface area contributed by atoms with E-state index in [1.54, 1.807) is 0 Å². The molecule has 3 nitrogen and oxygen atoms in total. The highest BCUT2D eigenvalue weighted by Crippen LogP contribution is 2.23. The second kappa shape index (κ2) is 4.24. The zero-order chi connectivity index (χ0) is 12.5. The molecule has 17 heavy (non-hydrogen) atoms. The molecular weight excluding hydrogens is 212 g/mol. The van der Waals surface area contributed by atoms with Crippen LogP contribution < -0.4 is 10.6 Å². The molecule has 0 spiro atoms. The Morgan fingerprint density at radius 2 is 1.94 bits per heavy atom. The maximum atomic E-state index is 11.3. The molecule has 1 aromatic rings. The Balaban J connectivity index is 2.40. The number of nitrogens with one attached hydrogen (secondary N) is 2. The van der Waals surface area contributed by atoms with Gasteiger partial charge in [-0.1, -0.05) is 30.3 Å². The molecule has 3 heteroatoms. The largest absolute Gasteiger partial charge is 0.366 e. The molecule has 1 saturated heterocycles. The van der Waals surface area contributed by atoms with Crippen LogP contribution in [0.25, 0.3) is 5.57 Å². The van der Waals surface area contributed by atoms with Gasteiger partial charge in [-0.15, -0.1) is 0 Å². The van der Waals surface area contributed by atoms with Crippen LogP contribution in [0.1, 0.15) is 26.3 Å². The Kier molecular flexibility index (Phi) is 2.92. The van der Waals surface area contributed by atoms with Crippen molar-refractivity contribution in [2.24, 2.45) is 0 Å². The van der Waals surface area contributed by atoms with Gasteiger partial charge in [-0.2, -0.15) is 0 Å². The lowest BCUT2D eigenvalue weighted by Gasteiger charge is -2.22. The van der Waals surface area contributed by atoms with E-state index >= 15 is 0 Å². The number of carbonyl (C=O) groups excluding carboxylic acids is 1. The molecule has 1 atom stereocenters. The van der Waals surface area contributed by atoms with Crippen molar-refractivity contribution < 1.29 is 4.79 Å². The first-order valence-corrected chi connectivity index (χ1v) is 5.84. The summed E-state index contributed by atoms with van der Waals surface area (Å²) in [4.78, 5) is 11.3. The highest BCUT2D eigenvalue weighted by atomic mass is 16.1. The van der Waals surface area contributed by atoms with E-state index in [2.05, 4.69) is 31.4 Å². The van der Waals surface area contributed by atoms with Crippen LogP contribution in [0.15, 0.2) is 36.2 Å². The number of rotatable bonds is 2. The Bertz CT molecular complexity index is 449. The average molecular weight is 230 g/mol. The molecule has 1 aliphatic rings. The molecule has 1 heterocycles. The van der Waals surface area contributed by atoms with Crippen molar-refractivity contribution in [3.8, 4) is 0 Å². The van der Waals surface area contributed by atoms with Crippen molar-refractivity contribution in [3.05, 3.63) is 41.7 Å². The molecule has 2 rings (SSSR count). The average Bonchev–Trinajstić information content (AvgIpc) is 2.56. The highest BCUT2D eigenvalue weighted by Gasteiger charge is 2.34. The molecule has 0 amide bonds. The Hall–Kier alpha value is -1.77. The normalized spacial score (nSPS) is 24.8. The van der Waals surface area contributed by atoms with Gasteiger partial charge in [-0.25, -0.2) is 0 Å². The van der Waals surface area contributed by atoms with Gasteiger partial charge in [0.05, 0.1) is 11.1 Å². The van der Waals surface area contributed by atoms with Gasteiger partial charge in [-0.05, 0) is 26.3 Å². The molecule has 0 radical (unpaired) electrons. The molecule has 1 fully saturated rings. The SMILES string of the molecule is CC1N/C(=C(/C=O)c2ccccc2)NC1(C)C. The minimum Gasteiger partial charge on any atom is -0.366 e. The van der Waals surface area contributed by atoms with Gasteiger partial charge in [0, 0.05) is 6.04 Å². The maximum Gasteiger partial charge on any atom is 0.154 e. The van der Waals surface area contributed by atoms with E-state index in [0.717, 1.165) is 17.7 Å². The molecule has 0 aromatic heterocycles. The summed E-state index contributed by atoms with van der Waals surface area (Å²) in [5.74, 6) is 0.823. The van der Waals surface area contributed by atoms with Gasteiger partial charge in [0.15, 0.2) is 6.29 Å². The van der Waals surface area contributed by atoms with Crippen molar-refractivity contribution in [1.82, 2.24) is 10.6 Å². The third kappa shape index (κ3) is 2.18. The Labute approximate surface area is 102 Å². The molecular formula is C14H18N2O. The summed E-state index contributed by atoms with van der Waals surface area (Å²) in [6.45, 7) is 6.34. The minimum atomic E-state index is -0.0433. The Morgan fingerprint density at radius 1 is 1.29 bits per heavy atom. The van der Waals surface area contributed by atoms with Crippen LogP contribution in [0.4, 0.5) is 0 Å². The smallest absolute Gasteiger partial charge is 0.154 e. The minimum absolute atomic E-state index is 0.0433. The summed E-state index contributed by atoms with van der Waals surface area (Å²) in [5, 5.41) is 6.70. The fourth-order valence-electron chi connectivity index (χ4n) is 1.90. The number of allylic oxidation sites excluding steroid dienone is 1. The van der Waals surface area contributed by atoms with Gasteiger partial charge in [0.25, 0.3) is 0 Å². The molecule has 0 aliphatic carbocycles. The van der Waals surface area contributed by atoms with Crippen LogP contribution in [0, 0.1) is 0 Å². The van der Waals surface area contributed by atoms with Crippen LogP contribution >= 0.6 is 0 Å². The van der Waals surface area contributed by atoms with Gasteiger partial charge < -0.3 is 10.6 Å². The van der Waals surface area contributed by atoms with Crippen molar-refractivity contribution in [1.29, 1.82) is 0 Å². The topological polar surface area (TPSA) is 41.1 Å². The zero-order valence-corrected chi connectivity index (χ0v) is 10.4. The standard InChI is InChI=1S/C14H18N2O/c1-10-14(2,3)16-13(15-10)12(9-17)11-7-5-4-6-8-11/h4-10,15-16H,1-3H3/b13-12+. The van der Waals surface area contributed by atoms with E-state index in [1.165, 1.54) is 0 Å². The van der Waals surface area contributed by atoms with Gasteiger partial charge in [-0.3, -0.25) is 4.79 Å². The monoisotopic (exact) mass is 230 g/mol. The molecule has 1 unspecified atom stereocenters. The summed E-state index contributed by atoms with van der Waals surface area (Å²) >= 11 is 0. The summed E-state index contributed by atoms with van der Waals surface area (Å²) in [5.41, 5.74) is 1.57. The first-order chi connectivity index (χ1) is 8.04.